The van der Waals surface area contributed by atoms with E-state index < -0.39 is 65.9 Å². The number of nitrogens with one attached hydrogen (secondary N) is 3. The lowest BCUT2D eigenvalue weighted by atomic mass is 10.00. The number of phenolic OH excluding ortho intramolecular Hbond substituents is 1. The first-order valence-corrected chi connectivity index (χ1v) is 15.3. The zero-order chi connectivity index (χ0) is 34.6. The van der Waals surface area contributed by atoms with Crippen molar-refractivity contribution in [1.29, 1.82) is 0 Å². The number of aliphatic carboxylic acids is 1. The van der Waals surface area contributed by atoms with Gasteiger partial charge in [0.2, 0.25) is 23.6 Å². The number of aliphatic hydroxyl groups is 1. The van der Waals surface area contributed by atoms with Crippen molar-refractivity contribution in [3.05, 3.63) is 29.8 Å². The molecular weight excluding hydrogens is 600 g/mol. The molecule has 0 bridgehead atoms. The average molecular weight is 649 g/mol. The number of hydrogen-bond acceptors (Lipinski definition) is 9. The second-order valence-corrected chi connectivity index (χ2v) is 11.9. The number of carbonyl (C=O) groups excluding carboxylic acids is 4. The molecule has 1 heterocycles. The SMILES string of the molecule is CC(C)C[C@@H](NC(=O)[C@@H](Cc1ccc(O)cc1)NC(=O)[C@@H](N)CCCN=C(N)N)C(=O)N1CCC[C@H]1C(=O)N[C@H](C(=O)O)[C@H](C)O. The summed E-state index contributed by atoms with van der Waals surface area (Å²) in [7, 11) is 0. The number of phenols is 1. The standard InChI is InChI=1S/C30H48N8O8/c1-16(2)14-22(28(44)38-13-5-7-23(38)27(43)37-24(17(3)39)29(45)46)36-26(42)21(15-18-8-10-19(40)11-9-18)35-25(41)20(31)6-4-12-34-30(32)33/h8-11,16-17,20-24,39-40H,4-7,12-15,31H2,1-3H3,(H,35,41)(H,36,42)(H,37,43)(H,45,46)(H4,32,33,34)/t17-,20-,21+,22+,23-,24-/m0/s1. The molecule has 0 unspecified atom stereocenters. The first kappa shape index (κ1) is 37.7. The molecule has 1 saturated heterocycles. The Balaban J connectivity index is 2.25. The number of carboxylic acids is 1. The number of nitrogens with zero attached hydrogens (tertiary/aromatic N) is 2. The molecule has 1 aliphatic heterocycles. The van der Waals surface area contributed by atoms with Crippen LogP contribution in [0.2, 0.25) is 0 Å². The molecule has 1 aliphatic rings. The summed E-state index contributed by atoms with van der Waals surface area (Å²) in [4.78, 5) is 70.3. The number of carboxylic acid groups (broad SMARTS) is 1. The van der Waals surface area contributed by atoms with Crippen LogP contribution in [0.1, 0.15) is 58.4 Å². The molecular formula is C30H48N8O8. The Morgan fingerprint density at radius 2 is 1.63 bits per heavy atom. The molecule has 4 amide bonds. The number of nitrogens with two attached hydrogens (primary N) is 3. The van der Waals surface area contributed by atoms with Crippen LogP contribution in [0.25, 0.3) is 0 Å². The summed E-state index contributed by atoms with van der Waals surface area (Å²) in [5.74, 6) is -4.05. The van der Waals surface area contributed by atoms with Gasteiger partial charge in [0, 0.05) is 19.5 Å². The van der Waals surface area contributed by atoms with Gasteiger partial charge in [0.25, 0.3) is 0 Å². The third-order valence-corrected chi connectivity index (χ3v) is 7.52. The van der Waals surface area contributed by atoms with Crippen LogP contribution in [0.3, 0.4) is 0 Å². The lowest BCUT2D eigenvalue weighted by Gasteiger charge is -2.31. The van der Waals surface area contributed by atoms with Crippen molar-refractivity contribution in [2.24, 2.45) is 28.1 Å². The smallest absolute Gasteiger partial charge is 0.328 e. The molecule has 6 atom stereocenters. The van der Waals surface area contributed by atoms with E-state index in [4.69, 9.17) is 17.2 Å². The van der Waals surface area contributed by atoms with E-state index >= 15 is 0 Å². The zero-order valence-corrected chi connectivity index (χ0v) is 26.5. The molecule has 2 rings (SSSR count). The summed E-state index contributed by atoms with van der Waals surface area (Å²) in [6.07, 6.45) is 0.261. The Labute approximate surface area is 268 Å². The fraction of sp³-hybridized carbons (Fsp3) is 0.600. The molecule has 0 aliphatic carbocycles. The van der Waals surface area contributed by atoms with Crippen molar-refractivity contribution in [2.45, 2.75) is 95.6 Å². The Kier molecular flexibility index (Phi) is 14.7. The minimum Gasteiger partial charge on any atom is -0.508 e. The fourth-order valence-electron chi connectivity index (χ4n) is 5.11. The van der Waals surface area contributed by atoms with Gasteiger partial charge >= 0.3 is 5.97 Å². The van der Waals surface area contributed by atoms with E-state index in [1.807, 2.05) is 13.8 Å². The topological polar surface area (TPSA) is 276 Å². The van der Waals surface area contributed by atoms with Gasteiger partial charge in [-0.3, -0.25) is 24.2 Å². The van der Waals surface area contributed by atoms with E-state index in [1.165, 1.54) is 24.0 Å². The van der Waals surface area contributed by atoms with Crippen molar-refractivity contribution in [1.82, 2.24) is 20.9 Å². The minimum atomic E-state index is -1.56. The molecule has 0 radical (unpaired) electrons. The first-order valence-electron chi connectivity index (χ1n) is 15.3. The summed E-state index contributed by atoms with van der Waals surface area (Å²) in [6.45, 7) is 5.43. The highest BCUT2D eigenvalue weighted by Crippen LogP contribution is 2.21. The third kappa shape index (κ3) is 11.8. The number of hydrogen-bond donors (Lipinski definition) is 9. The molecule has 256 valence electrons. The molecule has 1 fully saturated rings. The van der Waals surface area contributed by atoms with E-state index in [0.29, 0.717) is 18.4 Å². The number of aliphatic imine (C=N–C) groups is 1. The summed E-state index contributed by atoms with van der Waals surface area (Å²) in [5, 5.41) is 36.6. The monoisotopic (exact) mass is 648 g/mol. The normalized spacial score (nSPS) is 17.7. The van der Waals surface area contributed by atoms with E-state index in [-0.39, 0.29) is 56.4 Å². The number of guanidine groups is 1. The number of likely N-dealkylation sites (tertiary alicyclic amines) is 1. The van der Waals surface area contributed by atoms with Crippen molar-refractivity contribution in [2.75, 3.05) is 13.1 Å². The van der Waals surface area contributed by atoms with Crippen LogP contribution in [0.5, 0.6) is 5.75 Å². The molecule has 12 N–H and O–H groups in total. The van der Waals surface area contributed by atoms with Gasteiger partial charge in [0.1, 0.15) is 23.9 Å². The number of rotatable bonds is 17. The van der Waals surface area contributed by atoms with Crippen LogP contribution in [0.4, 0.5) is 0 Å². The highest BCUT2D eigenvalue weighted by Gasteiger charge is 2.40. The maximum atomic E-state index is 13.8. The molecule has 1 aromatic rings. The minimum absolute atomic E-state index is 0.0197. The van der Waals surface area contributed by atoms with Gasteiger partial charge in [0.15, 0.2) is 12.0 Å². The summed E-state index contributed by atoms with van der Waals surface area (Å²) in [5.41, 5.74) is 17.3. The Morgan fingerprint density at radius 3 is 2.20 bits per heavy atom. The Bertz CT molecular complexity index is 1240. The number of amides is 4. The number of carbonyl (C=O) groups is 5. The maximum absolute atomic E-state index is 13.8. The van der Waals surface area contributed by atoms with E-state index in [1.54, 1.807) is 12.1 Å². The quantitative estimate of drug-likeness (QED) is 0.0520. The van der Waals surface area contributed by atoms with Crippen LogP contribution < -0.4 is 33.2 Å². The van der Waals surface area contributed by atoms with Crippen molar-refractivity contribution < 1.29 is 39.3 Å². The van der Waals surface area contributed by atoms with Gasteiger partial charge in [-0.05, 0) is 62.6 Å². The van der Waals surface area contributed by atoms with E-state index in [9.17, 15) is 39.3 Å². The lowest BCUT2D eigenvalue weighted by Crippen LogP contribution is -2.59. The van der Waals surface area contributed by atoms with Crippen LogP contribution in [0, 0.1) is 5.92 Å². The lowest BCUT2D eigenvalue weighted by molar-refractivity contribution is -0.147. The second-order valence-electron chi connectivity index (χ2n) is 11.9. The number of benzene rings is 1. The van der Waals surface area contributed by atoms with Crippen molar-refractivity contribution >= 4 is 35.6 Å². The average Bonchev–Trinajstić information content (AvgIpc) is 3.47. The van der Waals surface area contributed by atoms with E-state index in [2.05, 4.69) is 20.9 Å². The number of aliphatic hydroxyl groups excluding tert-OH is 1. The highest BCUT2D eigenvalue weighted by molar-refractivity contribution is 5.96. The fourth-order valence-corrected chi connectivity index (χ4v) is 5.11. The molecule has 0 aromatic heterocycles. The predicted molar refractivity (Wildman–Crippen MR) is 169 cm³/mol. The maximum Gasteiger partial charge on any atom is 0.328 e. The summed E-state index contributed by atoms with van der Waals surface area (Å²) in [6, 6.07) is 0.330. The Hall–Kier alpha value is -4.44. The predicted octanol–water partition coefficient (Wildman–Crippen LogP) is -1.73. The van der Waals surface area contributed by atoms with Crippen molar-refractivity contribution in [3.8, 4) is 5.75 Å². The molecule has 46 heavy (non-hydrogen) atoms. The van der Waals surface area contributed by atoms with Crippen LogP contribution in [-0.2, 0) is 30.4 Å². The van der Waals surface area contributed by atoms with Gasteiger partial charge in [-0.25, -0.2) is 4.79 Å². The van der Waals surface area contributed by atoms with Gasteiger partial charge in [-0.1, -0.05) is 26.0 Å². The summed E-state index contributed by atoms with van der Waals surface area (Å²) < 4.78 is 0. The van der Waals surface area contributed by atoms with E-state index in [0.717, 1.165) is 0 Å². The molecule has 1 aromatic carbocycles. The van der Waals surface area contributed by atoms with Crippen LogP contribution in [0.15, 0.2) is 29.3 Å². The number of aromatic hydroxyl groups is 1. The summed E-state index contributed by atoms with van der Waals surface area (Å²) >= 11 is 0. The van der Waals surface area contributed by atoms with Gasteiger partial charge in [0.05, 0.1) is 12.1 Å². The highest BCUT2D eigenvalue weighted by atomic mass is 16.4. The molecule has 16 heteroatoms. The zero-order valence-electron chi connectivity index (χ0n) is 26.5. The molecule has 0 saturated carbocycles. The Morgan fingerprint density at radius 1 is 1.00 bits per heavy atom. The van der Waals surface area contributed by atoms with Crippen LogP contribution >= 0.6 is 0 Å². The third-order valence-electron chi connectivity index (χ3n) is 7.52. The van der Waals surface area contributed by atoms with Gasteiger partial charge < -0.3 is 53.4 Å². The van der Waals surface area contributed by atoms with Crippen molar-refractivity contribution in [3.63, 3.8) is 0 Å². The second kappa shape index (κ2) is 17.9. The molecule has 0 spiro atoms. The van der Waals surface area contributed by atoms with Gasteiger partial charge in [-0.2, -0.15) is 0 Å². The van der Waals surface area contributed by atoms with Gasteiger partial charge in [-0.15, -0.1) is 0 Å². The van der Waals surface area contributed by atoms with Crippen LogP contribution in [-0.4, -0.2) is 105 Å². The largest absolute Gasteiger partial charge is 0.508 e. The first-order chi connectivity index (χ1) is 21.6. The molecule has 16 nitrogen and oxygen atoms in total.